The summed E-state index contributed by atoms with van der Waals surface area (Å²) in [5.74, 6) is -1.69. The summed E-state index contributed by atoms with van der Waals surface area (Å²) in [5.41, 5.74) is 0.527. The Morgan fingerprint density at radius 1 is 0.920 bits per heavy atom. The van der Waals surface area contributed by atoms with Crippen molar-refractivity contribution in [2.45, 2.75) is 32.0 Å². The minimum absolute atomic E-state index is 0.00227. The van der Waals surface area contributed by atoms with Gasteiger partial charge in [0.05, 0.1) is 5.92 Å². The van der Waals surface area contributed by atoms with Gasteiger partial charge in [0.25, 0.3) is 0 Å². The summed E-state index contributed by atoms with van der Waals surface area (Å²) in [6.45, 7) is 2.42. The number of rotatable bonds is 4. The smallest absolute Gasteiger partial charge is 0.408 e. The molecule has 2 rings (SSSR count). The van der Waals surface area contributed by atoms with Gasteiger partial charge in [0.1, 0.15) is 17.5 Å². The largest absolute Gasteiger partial charge is 0.508 e. The van der Waals surface area contributed by atoms with Crippen LogP contribution in [-0.2, 0) is 4.79 Å². The van der Waals surface area contributed by atoms with E-state index >= 15 is 0 Å². The summed E-state index contributed by atoms with van der Waals surface area (Å²) in [6, 6.07) is 8.67. The van der Waals surface area contributed by atoms with Crippen LogP contribution in [0.3, 0.4) is 0 Å². The molecule has 0 saturated heterocycles. The molecule has 2 atom stereocenters. The molecule has 1 amide bonds. The van der Waals surface area contributed by atoms with Crippen molar-refractivity contribution in [2.24, 2.45) is 0 Å². The van der Waals surface area contributed by atoms with Gasteiger partial charge < -0.3 is 10.2 Å². The topological polar surface area (TPSA) is 60.8 Å². The van der Waals surface area contributed by atoms with E-state index in [1.54, 1.807) is 0 Å². The summed E-state index contributed by atoms with van der Waals surface area (Å²) in [5, 5.41) is 18.7. The lowest BCUT2D eigenvalue weighted by atomic mass is 9.98. The number of carbonyl (C=O) groups excluding carboxylic acids is 1. The number of nitrogens with zero attached hydrogens (tertiary/aromatic N) is 1. The SMILES string of the molecule is CC(C(=O)N(c1ccc(O)cc1)C(C)C(F)(F)F)c1ccc(O)cc1. The number of phenolic OH excluding ortho intramolecular Hbond substituents is 2. The second-order valence-corrected chi connectivity index (χ2v) is 5.76. The zero-order chi connectivity index (χ0) is 18.8. The van der Waals surface area contributed by atoms with Crippen LogP contribution in [0.5, 0.6) is 11.5 Å². The third-order valence-corrected chi connectivity index (χ3v) is 3.99. The normalized spacial score (nSPS) is 14.0. The van der Waals surface area contributed by atoms with E-state index in [1.807, 2.05) is 0 Å². The van der Waals surface area contributed by atoms with E-state index < -0.39 is 24.0 Å². The fourth-order valence-corrected chi connectivity index (χ4v) is 2.42. The van der Waals surface area contributed by atoms with Crippen molar-refractivity contribution in [3.05, 3.63) is 54.1 Å². The molecule has 0 saturated carbocycles. The van der Waals surface area contributed by atoms with Gasteiger partial charge in [0.2, 0.25) is 5.91 Å². The Kier molecular flexibility index (Phi) is 5.25. The number of alkyl halides is 3. The molecule has 0 aromatic heterocycles. The fourth-order valence-electron chi connectivity index (χ4n) is 2.42. The second kappa shape index (κ2) is 7.04. The lowest BCUT2D eigenvalue weighted by molar-refractivity contribution is -0.151. The van der Waals surface area contributed by atoms with E-state index in [4.69, 9.17) is 0 Å². The first-order valence-electron chi connectivity index (χ1n) is 7.59. The highest BCUT2D eigenvalue weighted by Crippen LogP contribution is 2.32. The maximum atomic E-state index is 13.3. The molecule has 0 bridgehead atoms. The molecule has 134 valence electrons. The van der Waals surface area contributed by atoms with Crippen LogP contribution in [0.2, 0.25) is 0 Å². The van der Waals surface area contributed by atoms with E-state index in [0.29, 0.717) is 10.5 Å². The number of carbonyl (C=O) groups is 1. The van der Waals surface area contributed by atoms with E-state index in [2.05, 4.69) is 0 Å². The van der Waals surface area contributed by atoms with Gasteiger partial charge in [-0.2, -0.15) is 13.2 Å². The number of halogens is 3. The average Bonchev–Trinajstić information content (AvgIpc) is 2.55. The summed E-state index contributed by atoms with van der Waals surface area (Å²) in [6.07, 6.45) is -4.61. The Labute approximate surface area is 143 Å². The number of amides is 1. The standard InChI is InChI=1S/C18H18F3NO3/c1-11(13-3-7-15(23)8-4-13)17(25)22(12(2)18(19,20)21)14-5-9-16(24)10-6-14/h3-12,23-24H,1-2H3. The van der Waals surface area contributed by atoms with Gasteiger partial charge in [-0.25, -0.2) is 0 Å². The van der Waals surface area contributed by atoms with Gasteiger partial charge in [-0.15, -0.1) is 0 Å². The molecule has 0 aliphatic heterocycles. The fraction of sp³-hybridized carbons (Fsp3) is 0.278. The van der Waals surface area contributed by atoms with Crippen molar-refractivity contribution in [3.8, 4) is 11.5 Å². The quantitative estimate of drug-likeness (QED) is 0.867. The highest BCUT2D eigenvalue weighted by Gasteiger charge is 2.43. The first-order chi connectivity index (χ1) is 11.6. The molecule has 4 nitrogen and oxygen atoms in total. The number of hydrogen-bond donors (Lipinski definition) is 2. The molecule has 0 radical (unpaired) electrons. The Morgan fingerprint density at radius 3 is 1.80 bits per heavy atom. The van der Waals surface area contributed by atoms with Gasteiger partial charge in [-0.05, 0) is 55.8 Å². The van der Waals surface area contributed by atoms with Crippen LogP contribution in [0.1, 0.15) is 25.3 Å². The van der Waals surface area contributed by atoms with Crippen molar-refractivity contribution in [2.75, 3.05) is 4.90 Å². The van der Waals surface area contributed by atoms with Crippen LogP contribution in [0.4, 0.5) is 18.9 Å². The van der Waals surface area contributed by atoms with Crippen LogP contribution in [-0.4, -0.2) is 28.3 Å². The number of phenols is 2. The second-order valence-electron chi connectivity index (χ2n) is 5.76. The van der Waals surface area contributed by atoms with Gasteiger partial charge in [0.15, 0.2) is 0 Å². The summed E-state index contributed by atoms with van der Waals surface area (Å²) < 4.78 is 39.8. The Balaban J connectivity index is 2.41. The van der Waals surface area contributed by atoms with E-state index in [0.717, 1.165) is 6.92 Å². The minimum atomic E-state index is -4.61. The molecule has 0 spiro atoms. The lowest BCUT2D eigenvalue weighted by Crippen LogP contribution is -2.48. The van der Waals surface area contributed by atoms with Crippen LogP contribution < -0.4 is 4.90 Å². The molecule has 0 heterocycles. The molecule has 2 aromatic carbocycles. The Hall–Kier alpha value is -2.70. The predicted octanol–water partition coefficient (Wildman–Crippen LogP) is 4.19. The molecular formula is C18H18F3NO3. The van der Waals surface area contributed by atoms with Gasteiger partial charge >= 0.3 is 6.18 Å². The number of anilines is 1. The third kappa shape index (κ3) is 4.23. The first kappa shape index (κ1) is 18.6. The van der Waals surface area contributed by atoms with Gasteiger partial charge in [-0.1, -0.05) is 12.1 Å². The monoisotopic (exact) mass is 353 g/mol. The average molecular weight is 353 g/mol. The van der Waals surface area contributed by atoms with E-state index in [-0.39, 0.29) is 17.2 Å². The summed E-state index contributed by atoms with van der Waals surface area (Å²) in [4.78, 5) is 13.5. The lowest BCUT2D eigenvalue weighted by Gasteiger charge is -2.33. The molecule has 25 heavy (non-hydrogen) atoms. The maximum absolute atomic E-state index is 13.3. The van der Waals surface area contributed by atoms with Crippen LogP contribution in [0.15, 0.2) is 48.5 Å². The molecule has 7 heteroatoms. The summed E-state index contributed by atoms with van der Waals surface area (Å²) in [7, 11) is 0. The maximum Gasteiger partial charge on any atom is 0.408 e. The molecule has 0 aliphatic carbocycles. The summed E-state index contributed by atoms with van der Waals surface area (Å²) >= 11 is 0. The van der Waals surface area contributed by atoms with Crippen molar-refractivity contribution in [3.63, 3.8) is 0 Å². The third-order valence-electron chi connectivity index (χ3n) is 3.99. The van der Waals surface area contributed by atoms with E-state index in [1.165, 1.54) is 55.5 Å². The minimum Gasteiger partial charge on any atom is -0.508 e. The molecule has 2 unspecified atom stereocenters. The molecule has 2 N–H and O–H groups in total. The van der Waals surface area contributed by atoms with Crippen LogP contribution in [0, 0.1) is 0 Å². The first-order valence-corrected chi connectivity index (χ1v) is 7.59. The van der Waals surface area contributed by atoms with Crippen molar-refractivity contribution in [1.82, 2.24) is 0 Å². The molecule has 0 aliphatic rings. The van der Waals surface area contributed by atoms with Crippen molar-refractivity contribution >= 4 is 11.6 Å². The molecule has 2 aromatic rings. The Morgan fingerprint density at radius 2 is 1.36 bits per heavy atom. The van der Waals surface area contributed by atoms with Crippen LogP contribution in [0.25, 0.3) is 0 Å². The van der Waals surface area contributed by atoms with Gasteiger partial charge in [0, 0.05) is 5.69 Å². The highest BCUT2D eigenvalue weighted by atomic mass is 19.4. The zero-order valence-corrected chi connectivity index (χ0v) is 13.7. The number of aromatic hydroxyl groups is 2. The van der Waals surface area contributed by atoms with Gasteiger partial charge in [-0.3, -0.25) is 9.69 Å². The number of benzene rings is 2. The highest BCUT2D eigenvalue weighted by molar-refractivity contribution is 5.98. The zero-order valence-electron chi connectivity index (χ0n) is 13.7. The van der Waals surface area contributed by atoms with E-state index in [9.17, 15) is 28.2 Å². The van der Waals surface area contributed by atoms with Crippen molar-refractivity contribution in [1.29, 1.82) is 0 Å². The number of hydrogen-bond acceptors (Lipinski definition) is 3. The van der Waals surface area contributed by atoms with Crippen LogP contribution >= 0.6 is 0 Å². The predicted molar refractivity (Wildman–Crippen MR) is 87.6 cm³/mol. The Bertz CT molecular complexity index is 727. The molecular weight excluding hydrogens is 335 g/mol. The van der Waals surface area contributed by atoms with Crippen molar-refractivity contribution < 1.29 is 28.2 Å². The molecule has 0 fully saturated rings.